The topological polar surface area (TPSA) is 32.3 Å². The summed E-state index contributed by atoms with van der Waals surface area (Å²) in [5, 5.41) is 13.1. The molecule has 0 spiro atoms. The molecule has 1 heterocycles. The second-order valence-corrected chi connectivity index (χ2v) is 4.57. The highest BCUT2D eigenvalue weighted by Gasteiger charge is 2.20. The molecule has 0 saturated carbocycles. The first-order valence-corrected chi connectivity index (χ1v) is 5.76. The number of benzene rings is 1. The molecule has 1 unspecified atom stereocenters. The zero-order valence-corrected chi connectivity index (χ0v) is 9.55. The average molecular weight is 256 g/mol. The molecule has 1 aromatic rings. The van der Waals surface area contributed by atoms with E-state index in [4.69, 9.17) is 0 Å². The van der Waals surface area contributed by atoms with Crippen molar-refractivity contribution in [1.82, 2.24) is 5.32 Å². The molecule has 0 radical (unpaired) electrons. The molecule has 1 atom stereocenters. The molecule has 0 aromatic heterocycles. The third kappa shape index (κ3) is 1.93. The van der Waals surface area contributed by atoms with Gasteiger partial charge in [-0.1, -0.05) is 22.0 Å². The van der Waals surface area contributed by atoms with Gasteiger partial charge in [-0.15, -0.1) is 0 Å². The summed E-state index contributed by atoms with van der Waals surface area (Å²) in [4.78, 5) is 0. The minimum atomic E-state index is 0.410. The Morgan fingerprint density at radius 1 is 1.43 bits per heavy atom. The summed E-state index contributed by atoms with van der Waals surface area (Å²) >= 11 is 3.49. The smallest absolute Gasteiger partial charge is 0.120 e. The molecular formula is C11H14BrNO. The van der Waals surface area contributed by atoms with E-state index in [1.165, 1.54) is 6.42 Å². The largest absolute Gasteiger partial charge is 0.508 e. The second kappa shape index (κ2) is 4.32. The van der Waals surface area contributed by atoms with Crippen molar-refractivity contribution in [2.24, 2.45) is 0 Å². The first kappa shape index (κ1) is 9.99. The Labute approximate surface area is 92.5 Å². The number of hydrogen-bond acceptors (Lipinski definition) is 2. The molecule has 2 rings (SSSR count). The molecule has 3 heteroatoms. The third-order valence-corrected chi connectivity index (χ3v) is 3.43. The van der Waals surface area contributed by atoms with Crippen LogP contribution in [0.4, 0.5) is 0 Å². The first-order chi connectivity index (χ1) is 6.79. The van der Waals surface area contributed by atoms with E-state index in [0.29, 0.717) is 11.7 Å². The van der Waals surface area contributed by atoms with Crippen molar-refractivity contribution < 1.29 is 5.11 Å². The highest BCUT2D eigenvalue weighted by molar-refractivity contribution is 9.10. The molecule has 1 aromatic carbocycles. The molecule has 0 amide bonds. The van der Waals surface area contributed by atoms with Crippen LogP contribution in [-0.4, -0.2) is 18.2 Å². The van der Waals surface area contributed by atoms with E-state index in [0.717, 1.165) is 29.5 Å². The summed E-state index contributed by atoms with van der Waals surface area (Å²) in [6.07, 6.45) is 2.34. The first-order valence-electron chi connectivity index (χ1n) is 4.97. The van der Waals surface area contributed by atoms with Gasteiger partial charge in [0.2, 0.25) is 0 Å². The van der Waals surface area contributed by atoms with Crippen molar-refractivity contribution in [3.05, 3.63) is 28.2 Å². The Hall–Kier alpha value is -0.540. The summed E-state index contributed by atoms with van der Waals surface area (Å²) in [5.41, 5.74) is 1.06. The van der Waals surface area contributed by atoms with Crippen LogP contribution in [0.25, 0.3) is 0 Å². The van der Waals surface area contributed by atoms with Gasteiger partial charge in [-0.3, -0.25) is 0 Å². The number of nitrogens with one attached hydrogen (secondary N) is 1. The lowest BCUT2D eigenvalue weighted by Gasteiger charge is -2.24. The van der Waals surface area contributed by atoms with Crippen molar-refractivity contribution in [2.45, 2.75) is 18.8 Å². The van der Waals surface area contributed by atoms with Gasteiger partial charge >= 0.3 is 0 Å². The van der Waals surface area contributed by atoms with Gasteiger partial charge in [-0.2, -0.15) is 0 Å². The maximum atomic E-state index is 9.79. The van der Waals surface area contributed by atoms with E-state index in [2.05, 4.69) is 21.2 Å². The van der Waals surface area contributed by atoms with Crippen LogP contribution in [0.15, 0.2) is 22.7 Å². The van der Waals surface area contributed by atoms with Crippen LogP contribution in [0, 0.1) is 0 Å². The molecule has 1 fully saturated rings. The highest BCUT2D eigenvalue weighted by Crippen LogP contribution is 2.35. The zero-order valence-electron chi connectivity index (χ0n) is 7.96. The number of aromatic hydroxyl groups is 1. The van der Waals surface area contributed by atoms with E-state index >= 15 is 0 Å². The predicted octanol–water partition coefficient (Wildman–Crippen LogP) is 2.62. The lowest BCUT2D eigenvalue weighted by molar-refractivity contribution is 0.424. The molecule has 1 aliphatic rings. The minimum Gasteiger partial charge on any atom is -0.508 e. The van der Waals surface area contributed by atoms with E-state index in [1.54, 1.807) is 6.07 Å². The van der Waals surface area contributed by atoms with Crippen LogP contribution in [0.5, 0.6) is 5.75 Å². The fourth-order valence-corrected chi connectivity index (χ4v) is 2.71. The van der Waals surface area contributed by atoms with Crippen LogP contribution in [-0.2, 0) is 0 Å². The van der Waals surface area contributed by atoms with Crippen LogP contribution in [0.1, 0.15) is 24.3 Å². The average Bonchev–Trinajstić information content (AvgIpc) is 2.19. The summed E-state index contributed by atoms with van der Waals surface area (Å²) in [5.74, 6) is 0.854. The fourth-order valence-electron chi connectivity index (χ4n) is 2.03. The van der Waals surface area contributed by atoms with Crippen LogP contribution in [0.2, 0.25) is 0 Å². The van der Waals surface area contributed by atoms with Gasteiger partial charge in [0.25, 0.3) is 0 Å². The number of phenols is 1. The Kier molecular flexibility index (Phi) is 3.08. The fraction of sp³-hybridized carbons (Fsp3) is 0.455. The standard InChI is InChI=1S/C11H14BrNO/c12-9-4-1-5-10(14)11(9)8-3-2-6-13-7-8/h1,4-5,8,13-14H,2-3,6-7H2. The summed E-state index contributed by atoms with van der Waals surface area (Å²) < 4.78 is 1.02. The van der Waals surface area contributed by atoms with Crippen molar-refractivity contribution in [2.75, 3.05) is 13.1 Å². The third-order valence-electron chi connectivity index (χ3n) is 2.74. The summed E-state index contributed by atoms with van der Waals surface area (Å²) in [7, 11) is 0. The highest BCUT2D eigenvalue weighted by atomic mass is 79.9. The molecule has 14 heavy (non-hydrogen) atoms. The number of phenolic OH excluding ortho intramolecular Hbond substituents is 1. The molecule has 2 N–H and O–H groups in total. The Bertz CT molecular complexity index is 301. The van der Waals surface area contributed by atoms with Gasteiger partial charge in [0.15, 0.2) is 0 Å². The van der Waals surface area contributed by atoms with Crippen LogP contribution in [0.3, 0.4) is 0 Å². The van der Waals surface area contributed by atoms with Gasteiger partial charge in [0, 0.05) is 22.5 Å². The molecule has 1 aliphatic heterocycles. The maximum Gasteiger partial charge on any atom is 0.120 e. The maximum absolute atomic E-state index is 9.79. The zero-order chi connectivity index (χ0) is 9.97. The Morgan fingerprint density at radius 3 is 2.93 bits per heavy atom. The van der Waals surface area contributed by atoms with E-state index in [1.807, 2.05) is 12.1 Å². The lowest BCUT2D eigenvalue weighted by atomic mass is 9.91. The SMILES string of the molecule is Oc1cccc(Br)c1C1CCCNC1. The van der Waals surface area contributed by atoms with Gasteiger partial charge in [-0.25, -0.2) is 0 Å². The van der Waals surface area contributed by atoms with E-state index in [9.17, 15) is 5.11 Å². The van der Waals surface area contributed by atoms with Crippen molar-refractivity contribution >= 4 is 15.9 Å². The van der Waals surface area contributed by atoms with Gasteiger partial charge in [0.05, 0.1) is 0 Å². The van der Waals surface area contributed by atoms with E-state index < -0.39 is 0 Å². The molecule has 1 saturated heterocycles. The van der Waals surface area contributed by atoms with E-state index in [-0.39, 0.29) is 0 Å². The van der Waals surface area contributed by atoms with Crippen LogP contribution < -0.4 is 5.32 Å². The normalized spacial score (nSPS) is 22.2. The molecule has 0 aliphatic carbocycles. The van der Waals surface area contributed by atoms with Gasteiger partial charge < -0.3 is 10.4 Å². The molecule has 76 valence electrons. The molecular weight excluding hydrogens is 242 g/mol. The summed E-state index contributed by atoms with van der Waals surface area (Å²) in [6.45, 7) is 2.07. The lowest BCUT2D eigenvalue weighted by Crippen LogP contribution is -2.28. The quantitative estimate of drug-likeness (QED) is 0.809. The van der Waals surface area contributed by atoms with Crippen molar-refractivity contribution in [1.29, 1.82) is 0 Å². The van der Waals surface area contributed by atoms with Gasteiger partial charge in [0.1, 0.15) is 5.75 Å². The number of hydrogen-bond donors (Lipinski definition) is 2. The number of piperidine rings is 1. The molecule has 0 bridgehead atoms. The van der Waals surface area contributed by atoms with Crippen molar-refractivity contribution in [3.63, 3.8) is 0 Å². The van der Waals surface area contributed by atoms with Crippen molar-refractivity contribution in [3.8, 4) is 5.75 Å². The summed E-state index contributed by atoms with van der Waals surface area (Å²) in [6, 6.07) is 5.61. The second-order valence-electron chi connectivity index (χ2n) is 3.72. The molecule has 2 nitrogen and oxygen atoms in total. The number of rotatable bonds is 1. The minimum absolute atomic E-state index is 0.410. The predicted molar refractivity (Wildman–Crippen MR) is 60.7 cm³/mol. The Morgan fingerprint density at radius 2 is 2.29 bits per heavy atom. The van der Waals surface area contributed by atoms with Crippen LogP contribution >= 0.6 is 15.9 Å². The monoisotopic (exact) mass is 255 g/mol. The van der Waals surface area contributed by atoms with Gasteiger partial charge in [-0.05, 0) is 31.5 Å². The Balaban J connectivity index is 2.29. The number of halogens is 1.